The van der Waals surface area contributed by atoms with Gasteiger partial charge < -0.3 is 25.0 Å². The van der Waals surface area contributed by atoms with Crippen LogP contribution in [0.3, 0.4) is 0 Å². The number of carbonyl (C=O) groups is 3. The first-order chi connectivity index (χ1) is 11.3. The van der Waals surface area contributed by atoms with Crippen molar-refractivity contribution >= 4 is 17.9 Å². The van der Waals surface area contributed by atoms with Crippen LogP contribution in [-0.4, -0.2) is 78.8 Å². The Bertz CT molecular complexity index is 496. The van der Waals surface area contributed by atoms with Gasteiger partial charge in [-0.3, -0.25) is 9.59 Å². The second-order valence-corrected chi connectivity index (χ2v) is 7.02. The van der Waals surface area contributed by atoms with E-state index in [4.69, 9.17) is 9.84 Å². The van der Waals surface area contributed by atoms with Crippen LogP contribution in [-0.2, 0) is 14.3 Å². The molecule has 2 heterocycles. The van der Waals surface area contributed by atoms with Gasteiger partial charge in [0.2, 0.25) is 0 Å². The minimum absolute atomic E-state index is 0.0574. The second kappa shape index (κ2) is 7.83. The molecule has 0 aromatic heterocycles. The highest BCUT2D eigenvalue weighted by Gasteiger charge is 2.34. The molecular formula is C16H27N3O5. The first-order valence-electron chi connectivity index (χ1n) is 8.40. The summed E-state index contributed by atoms with van der Waals surface area (Å²) in [5.74, 6) is -1.26. The molecule has 2 rings (SSSR count). The number of likely N-dealkylation sites (N-methyl/N-ethyl adjacent to an activating group) is 1. The van der Waals surface area contributed by atoms with Crippen LogP contribution in [0.4, 0.5) is 4.79 Å². The van der Waals surface area contributed by atoms with Crippen molar-refractivity contribution in [2.45, 2.75) is 38.4 Å². The standard InChI is InChI=1S/C16H27N3O5/c1-10-6-11(15(21)22)9-19(8-10)16(23)17-7-12-4-5-13(24-12)14(20)18(2)3/h10-13H,4-9H2,1-3H3,(H,17,23)(H,21,22). The van der Waals surface area contributed by atoms with Gasteiger partial charge in [0, 0.05) is 33.7 Å². The highest BCUT2D eigenvalue weighted by Crippen LogP contribution is 2.23. The minimum atomic E-state index is -0.858. The van der Waals surface area contributed by atoms with Crippen LogP contribution in [0.1, 0.15) is 26.2 Å². The molecule has 2 saturated heterocycles. The number of likely N-dealkylation sites (tertiary alicyclic amines) is 1. The largest absolute Gasteiger partial charge is 0.481 e. The molecule has 2 aliphatic heterocycles. The minimum Gasteiger partial charge on any atom is -0.481 e. The Balaban J connectivity index is 1.79. The van der Waals surface area contributed by atoms with Crippen molar-refractivity contribution in [1.29, 1.82) is 0 Å². The SMILES string of the molecule is CC1CC(C(=O)O)CN(C(=O)NCC2CCC(C(=O)N(C)C)O2)C1. The fourth-order valence-corrected chi connectivity index (χ4v) is 3.33. The molecule has 24 heavy (non-hydrogen) atoms. The lowest BCUT2D eigenvalue weighted by Gasteiger charge is -2.34. The molecule has 0 saturated carbocycles. The number of carboxylic acids is 1. The smallest absolute Gasteiger partial charge is 0.317 e. The summed E-state index contributed by atoms with van der Waals surface area (Å²) in [7, 11) is 3.38. The van der Waals surface area contributed by atoms with Crippen LogP contribution in [0.25, 0.3) is 0 Å². The molecule has 2 N–H and O–H groups in total. The van der Waals surface area contributed by atoms with Gasteiger partial charge in [0.25, 0.3) is 5.91 Å². The van der Waals surface area contributed by atoms with Crippen LogP contribution >= 0.6 is 0 Å². The molecule has 0 radical (unpaired) electrons. The molecule has 4 atom stereocenters. The van der Waals surface area contributed by atoms with Crippen molar-refractivity contribution in [3.8, 4) is 0 Å². The molecule has 0 aromatic rings. The monoisotopic (exact) mass is 341 g/mol. The lowest BCUT2D eigenvalue weighted by molar-refractivity contribution is -0.143. The average Bonchev–Trinajstić information content (AvgIpc) is 2.99. The molecule has 8 heteroatoms. The fraction of sp³-hybridized carbons (Fsp3) is 0.812. The van der Waals surface area contributed by atoms with E-state index < -0.39 is 18.0 Å². The summed E-state index contributed by atoms with van der Waals surface area (Å²) in [6, 6.07) is -0.265. The van der Waals surface area contributed by atoms with Gasteiger partial charge in [0.05, 0.1) is 12.0 Å². The van der Waals surface area contributed by atoms with Crippen molar-refractivity contribution in [2.75, 3.05) is 33.7 Å². The van der Waals surface area contributed by atoms with E-state index >= 15 is 0 Å². The Morgan fingerprint density at radius 3 is 2.58 bits per heavy atom. The van der Waals surface area contributed by atoms with E-state index in [2.05, 4.69) is 5.32 Å². The Labute approximate surface area is 142 Å². The maximum Gasteiger partial charge on any atom is 0.317 e. The van der Waals surface area contributed by atoms with Gasteiger partial charge in [0.1, 0.15) is 6.10 Å². The molecule has 3 amide bonds. The zero-order valence-corrected chi connectivity index (χ0v) is 14.5. The number of carbonyl (C=O) groups excluding carboxylic acids is 2. The van der Waals surface area contributed by atoms with Crippen LogP contribution < -0.4 is 5.32 Å². The van der Waals surface area contributed by atoms with E-state index in [0.29, 0.717) is 25.9 Å². The third-order valence-corrected chi connectivity index (χ3v) is 4.60. The van der Waals surface area contributed by atoms with Gasteiger partial charge in [-0.25, -0.2) is 4.79 Å². The van der Waals surface area contributed by atoms with E-state index in [9.17, 15) is 14.4 Å². The summed E-state index contributed by atoms with van der Waals surface area (Å²) in [6.07, 6.45) is 1.35. The molecular weight excluding hydrogens is 314 g/mol. The molecule has 0 aliphatic carbocycles. The van der Waals surface area contributed by atoms with E-state index in [1.165, 1.54) is 4.90 Å². The molecule has 8 nitrogen and oxygen atoms in total. The van der Waals surface area contributed by atoms with Gasteiger partial charge in [-0.1, -0.05) is 6.92 Å². The number of piperidine rings is 1. The topological polar surface area (TPSA) is 99.2 Å². The summed E-state index contributed by atoms with van der Waals surface area (Å²) in [5, 5.41) is 12.0. The fourth-order valence-electron chi connectivity index (χ4n) is 3.33. The summed E-state index contributed by atoms with van der Waals surface area (Å²) in [5.41, 5.74) is 0. The maximum atomic E-state index is 12.3. The predicted octanol–water partition coefficient (Wildman–Crippen LogP) is 0.374. The zero-order chi connectivity index (χ0) is 17.9. The predicted molar refractivity (Wildman–Crippen MR) is 86.5 cm³/mol. The van der Waals surface area contributed by atoms with Gasteiger partial charge in [-0.2, -0.15) is 0 Å². The average molecular weight is 341 g/mol. The number of aliphatic carboxylic acids is 1. The Morgan fingerprint density at radius 1 is 1.25 bits per heavy atom. The quantitative estimate of drug-likeness (QED) is 0.770. The maximum absolute atomic E-state index is 12.3. The van der Waals surface area contributed by atoms with Crippen molar-refractivity contribution in [1.82, 2.24) is 15.1 Å². The first-order valence-corrected chi connectivity index (χ1v) is 8.40. The number of hydrogen-bond donors (Lipinski definition) is 2. The molecule has 0 aromatic carbocycles. The third-order valence-electron chi connectivity index (χ3n) is 4.60. The number of amides is 3. The zero-order valence-electron chi connectivity index (χ0n) is 14.5. The van der Waals surface area contributed by atoms with Crippen molar-refractivity contribution in [3.05, 3.63) is 0 Å². The van der Waals surface area contributed by atoms with Gasteiger partial charge in [-0.15, -0.1) is 0 Å². The highest BCUT2D eigenvalue weighted by molar-refractivity contribution is 5.80. The second-order valence-electron chi connectivity index (χ2n) is 7.02. The number of ether oxygens (including phenoxy) is 1. The third kappa shape index (κ3) is 4.59. The van der Waals surface area contributed by atoms with Gasteiger partial charge >= 0.3 is 12.0 Å². The lowest BCUT2D eigenvalue weighted by atomic mass is 9.91. The number of hydrogen-bond acceptors (Lipinski definition) is 4. The van der Waals surface area contributed by atoms with E-state index in [0.717, 1.165) is 6.42 Å². The summed E-state index contributed by atoms with van der Waals surface area (Å²) in [4.78, 5) is 38.4. The number of rotatable bonds is 4. The Morgan fingerprint density at radius 2 is 1.96 bits per heavy atom. The summed E-state index contributed by atoms with van der Waals surface area (Å²) in [6.45, 7) is 3.08. The molecule has 2 aliphatic rings. The number of carboxylic acid groups (broad SMARTS) is 1. The molecule has 0 spiro atoms. The number of nitrogens with one attached hydrogen (secondary N) is 1. The van der Waals surface area contributed by atoms with E-state index in [-0.39, 0.29) is 30.5 Å². The number of nitrogens with zero attached hydrogens (tertiary/aromatic N) is 2. The first kappa shape index (κ1) is 18.5. The van der Waals surface area contributed by atoms with Crippen molar-refractivity contribution in [2.24, 2.45) is 11.8 Å². The van der Waals surface area contributed by atoms with Crippen LogP contribution in [0.15, 0.2) is 0 Å². The number of urea groups is 1. The molecule has 4 unspecified atom stereocenters. The summed E-state index contributed by atoms with van der Waals surface area (Å²) >= 11 is 0. The van der Waals surface area contributed by atoms with Crippen LogP contribution in [0, 0.1) is 11.8 Å². The van der Waals surface area contributed by atoms with E-state index in [1.807, 2.05) is 6.92 Å². The van der Waals surface area contributed by atoms with Crippen LogP contribution in [0.5, 0.6) is 0 Å². The van der Waals surface area contributed by atoms with Crippen molar-refractivity contribution in [3.63, 3.8) is 0 Å². The molecule has 136 valence electrons. The molecule has 0 bridgehead atoms. The Kier molecular flexibility index (Phi) is 6.04. The van der Waals surface area contributed by atoms with Gasteiger partial charge in [-0.05, 0) is 25.2 Å². The normalized spacial score (nSPS) is 30.0. The van der Waals surface area contributed by atoms with Crippen LogP contribution in [0.2, 0.25) is 0 Å². The van der Waals surface area contributed by atoms with Gasteiger partial charge in [0.15, 0.2) is 0 Å². The van der Waals surface area contributed by atoms with Crippen molar-refractivity contribution < 1.29 is 24.2 Å². The van der Waals surface area contributed by atoms with E-state index in [1.54, 1.807) is 19.0 Å². The molecule has 2 fully saturated rings. The Hall–Kier alpha value is -1.83. The highest BCUT2D eigenvalue weighted by atomic mass is 16.5. The lowest BCUT2D eigenvalue weighted by Crippen LogP contribution is -2.50. The summed E-state index contributed by atoms with van der Waals surface area (Å²) < 4.78 is 5.68.